The van der Waals surface area contributed by atoms with Gasteiger partial charge < -0.3 is 9.80 Å². The number of carbonyl (C=O) groups is 2. The smallest absolute Gasteiger partial charge is 0.226 e. The second-order valence-electron chi connectivity index (χ2n) is 8.36. The Bertz CT molecular complexity index is 655. The molecule has 5 heteroatoms. The third kappa shape index (κ3) is 4.52. The van der Waals surface area contributed by atoms with E-state index in [2.05, 4.69) is 9.80 Å². The monoisotopic (exact) mass is 369 g/mol. The topological polar surface area (TPSA) is 43.9 Å². The molecule has 1 aromatic carbocycles. The van der Waals surface area contributed by atoms with Crippen LogP contribution in [0.2, 0.25) is 0 Å². The van der Waals surface area contributed by atoms with Gasteiger partial charge in [-0.2, -0.15) is 0 Å². The van der Waals surface area contributed by atoms with Crippen LogP contribution in [0.25, 0.3) is 0 Å². The zero-order valence-corrected chi connectivity index (χ0v) is 16.2. The Morgan fingerprint density at radius 2 is 1.63 bits per heavy atom. The van der Waals surface area contributed by atoms with Crippen LogP contribution >= 0.6 is 0 Å². The van der Waals surface area contributed by atoms with Gasteiger partial charge in [0.2, 0.25) is 11.8 Å². The van der Waals surface area contributed by atoms with Crippen molar-refractivity contribution in [3.8, 4) is 0 Å². The molecule has 146 valence electrons. The largest absolute Gasteiger partial charge is 0.342 e. The average molecular weight is 370 g/mol. The van der Waals surface area contributed by atoms with Gasteiger partial charge in [-0.3, -0.25) is 14.5 Å². The molecule has 2 amide bonds. The Hall–Kier alpha value is -1.88. The summed E-state index contributed by atoms with van der Waals surface area (Å²) in [5.74, 6) is 0.971. The van der Waals surface area contributed by atoms with Crippen molar-refractivity contribution in [2.24, 2.45) is 5.92 Å². The first-order chi connectivity index (χ1) is 13.2. The normalized spacial score (nSPS) is 24.1. The lowest BCUT2D eigenvalue weighted by atomic mass is 9.92. The third-order valence-electron chi connectivity index (χ3n) is 6.57. The summed E-state index contributed by atoms with van der Waals surface area (Å²) in [6.45, 7) is 5.65. The molecule has 3 aliphatic rings. The number of nitrogens with zero attached hydrogens (tertiary/aromatic N) is 3. The van der Waals surface area contributed by atoms with E-state index in [1.54, 1.807) is 0 Å². The SMILES string of the molecule is O=C(Cc1ccccc1)N1CCC(CC(=O)N2CCN3CCCC3C2)CC1. The van der Waals surface area contributed by atoms with Gasteiger partial charge in [0.25, 0.3) is 0 Å². The quantitative estimate of drug-likeness (QED) is 0.817. The van der Waals surface area contributed by atoms with Gasteiger partial charge in [0.15, 0.2) is 0 Å². The molecular formula is C22H31N3O2. The van der Waals surface area contributed by atoms with Crippen molar-refractivity contribution in [1.29, 1.82) is 0 Å². The summed E-state index contributed by atoms with van der Waals surface area (Å²) in [5.41, 5.74) is 1.07. The molecule has 3 heterocycles. The molecule has 0 bridgehead atoms. The zero-order chi connectivity index (χ0) is 18.6. The molecule has 0 saturated carbocycles. The second-order valence-corrected chi connectivity index (χ2v) is 8.36. The minimum atomic E-state index is 0.211. The predicted octanol–water partition coefficient (Wildman–Crippen LogP) is 2.16. The second kappa shape index (κ2) is 8.42. The van der Waals surface area contributed by atoms with Crippen LogP contribution in [0.1, 0.15) is 37.7 Å². The highest BCUT2D eigenvalue weighted by Crippen LogP contribution is 2.25. The molecule has 3 aliphatic heterocycles. The molecule has 4 rings (SSSR count). The van der Waals surface area contributed by atoms with Crippen molar-refractivity contribution in [3.63, 3.8) is 0 Å². The first kappa shape index (κ1) is 18.5. The van der Waals surface area contributed by atoms with E-state index < -0.39 is 0 Å². The minimum absolute atomic E-state index is 0.211. The van der Waals surface area contributed by atoms with Gasteiger partial charge in [-0.05, 0) is 43.7 Å². The van der Waals surface area contributed by atoms with E-state index in [9.17, 15) is 9.59 Å². The Labute approximate surface area is 162 Å². The van der Waals surface area contributed by atoms with Gasteiger partial charge in [-0.25, -0.2) is 0 Å². The lowest BCUT2D eigenvalue weighted by molar-refractivity contribution is -0.135. The number of fused-ring (bicyclic) bond motifs is 1. The highest BCUT2D eigenvalue weighted by atomic mass is 16.2. The first-order valence-electron chi connectivity index (χ1n) is 10.5. The van der Waals surface area contributed by atoms with E-state index in [0.29, 0.717) is 30.7 Å². The number of amides is 2. The van der Waals surface area contributed by atoms with Crippen molar-refractivity contribution < 1.29 is 9.59 Å². The maximum Gasteiger partial charge on any atom is 0.226 e. The fourth-order valence-corrected chi connectivity index (χ4v) is 4.86. The summed E-state index contributed by atoms with van der Waals surface area (Å²) in [5, 5.41) is 0. The predicted molar refractivity (Wildman–Crippen MR) is 105 cm³/mol. The van der Waals surface area contributed by atoms with Crippen LogP contribution in [0.15, 0.2) is 30.3 Å². The van der Waals surface area contributed by atoms with Crippen molar-refractivity contribution in [3.05, 3.63) is 35.9 Å². The van der Waals surface area contributed by atoms with E-state index in [0.717, 1.165) is 51.1 Å². The molecule has 1 atom stereocenters. The van der Waals surface area contributed by atoms with Crippen molar-refractivity contribution in [2.75, 3.05) is 39.3 Å². The molecule has 3 saturated heterocycles. The average Bonchev–Trinajstić information content (AvgIpc) is 3.17. The van der Waals surface area contributed by atoms with Gasteiger partial charge in [0.1, 0.15) is 0 Å². The van der Waals surface area contributed by atoms with Crippen molar-refractivity contribution in [1.82, 2.24) is 14.7 Å². The van der Waals surface area contributed by atoms with Crippen LogP contribution in [0, 0.1) is 5.92 Å². The molecule has 0 aliphatic carbocycles. The van der Waals surface area contributed by atoms with E-state index in [1.165, 1.54) is 19.4 Å². The molecule has 1 aromatic rings. The molecule has 0 radical (unpaired) electrons. The lowest BCUT2D eigenvalue weighted by Gasteiger charge is -2.38. The summed E-state index contributed by atoms with van der Waals surface area (Å²) in [4.78, 5) is 31.9. The van der Waals surface area contributed by atoms with Crippen LogP contribution in [-0.4, -0.2) is 71.8 Å². The van der Waals surface area contributed by atoms with Crippen LogP contribution < -0.4 is 0 Å². The number of rotatable bonds is 4. The summed E-state index contributed by atoms with van der Waals surface area (Å²) >= 11 is 0. The molecule has 0 N–H and O–H groups in total. The standard InChI is InChI=1S/C22H31N3O2/c26-21(15-18-5-2-1-3-6-18)24-11-8-19(9-12-24)16-22(27)25-14-13-23-10-4-7-20(23)17-25/h1-3,5-6,19-20H,4,7-17H2. The number of hydrogen-bond donors (Lipinski definition) is 0. The van der Waals surface area contributed by atoms with Crippen LogP contribution in [-0.2, 0) is 16.0 Å². The Morgan fingerprint density at radius 3 is 2.41 bits per heavy atom. The summed E-state index contributed by atoms with van der Waals surface area (Å²) in [6.07, 6.45) is 5.57. The maximum absolute atomic E-state index is 12.7. The molecule has 1 unspecified atom stereocenters. The van der Waals surface area contributed by atoms with Gasteiger partial charge in [0.05, 0.1) is 6.42 Å². The number of piperazine rings is 1. The maximum atomic E-state index is 12.7. The Kier molecular flexibility index (Phi) is 5.77. The van der Waals surface area contributed by atoms with Crippen LogP contribution in [0.5, 0.6) is 0 Å². The number of hydrogen-bond acceptors (Lipinski definition) is 3. The van der Waals surface area contributed by atoms with Crippen molar-refractivity contribution in [2.45, 2.75) is 44.6 Å². The van der Waals surface area contributed by atoms with E-state index in [4.69, 9.17) is 0 Å². The van der Waals surface area contributed by atoms with Crippen LogP contribution in [0.3, 0.4) is 0 Å². The summed E-state index contributed by atoms with van der Waals surface area (Å²) < 4.78 is 0. The van der Waals surface area contributed by atoms with Crippen LogP contribution in [0.4, 0.5) is 0 Å². The lowest BCUT2D eigenvalue weighted by Crippen LogP contribution is -2.52. The minimum Gasteiger partial charge on any atom is -0.342 e. The van der Waals surface area contributed by atoms with Gasteiger partial charge in [-0.15, -0.1) is 0 Å². The highest BCUT2D eigenvalue weighted by Gasteiger charge is 2.33. The molecule has 27 heavy (non-hydrogen) atoms. The number of likely N-dealkylation sites (tertiary alicyclic amines) is 1. The molecule has 0 spiro atoms. The van der Waals surface area contributed by atoms with Gasteiger partial charge >= 0.3 is 0 Å². The van der Waals surface area contributed by atoms with E-state index >= 15 is 0 Å². The highest BCUT2D eigenvalue weighted by molar-refractivity contribution is 5.79. The first-order valence-corrected chi connectivity index (χ1v) is 10.5. The zero-order valence-electron chi connectivity index (χ0n) is 16.2. The molecule has 5 nitrogen and oxygen atoms in total. The van der Waals surface area contributed by atoms with Gasteiger partial charge in [0, 0.05) is 45.2 Å². The third-order valence-corrected chi connectivity index (χ3v) is 6.57. The fraction of sp³-hybridized carbons (Fsp3) is 0.636. The van der Waals surface area contributed by atoms with Gasteiger partial charge in [-0.1, -0.05) is 30.3 Å². The molecule has 0 aromatic heterocycles. The number of piperidine rings is 1. The van der Waals surface area contributed by atoms with E-state index in [1.807, 2.05) is 35.2 Å². The Morgan fingerprint density at radius 1 is 0.852 bits per heavy atom. The summed E-state index contributed by atoms with van der Waals surface area (Å²) in [6, 6.07) is 10.5. The number of benzene rings is 1. The molecular weight excluding hydrogens is 338 g/mol. The summed E-state index contributed by atoms with van der Waals surface area (Å²) in [7, 11) is 0. The van der Waals surface area contributed by atoms with Crippen molar-refractivity contribution >= 4 is 11.8 Å². The number of carbonyl (C=O) groups excluding carboxylic acids is 2. The van der Waals surface area contributed by atoms with E-state index in [-0.39, 0.29) is 5.91 Å². The molecule has 3 fully saturated rings. The fourth-order valence-electron chi connectivity index (χ4n) is 4.86. The Balaban J connectivity index is 1.21.